The molecule has 0 saturated heterocycles. The van der Waals surface area contributed by atoms with Crippen LogP contribution < -0.4 is 16.2 Å². The van der Waals surface area contributed by atoms with E-state index in [0.717, 1.165) is 0 Å². The number of hydrogen-bond donors (Lipinski definition) is 3. The molecule has 3 rings (SSSR count). The van der Waals surface area contributed by atoms with Gasteiger partial charge in [-0.25, -0.2) is 9.18 Å². The highest BCUT2D eigenvalue weighted by molar-refractivity contribution is 5.89. The first-order chi connectivity index (χ1) is 11.5. The maximum Gasteiger partial charge on any atom is 0.319 e. The summed E-state index contributed by atoms with van der Waals surface area (Å²) in [5.74, 6) is -0.364. The molecule has 24 heavy (non-hydrogen) atoms. The summed E-state index contributed by atoms with van der Waals surface area (Å²) in [6, 6.07) is 8.46. The van der Waals surface area contributed by atoms with Gasteiger partial charge in [0.2, 0.25) is 0 Å². The lowest BCUT2D eigenvalue weighted by Crippen LogP contribution is -2.48. The summed E-state index contributed by atoms with van der Waals surface area (Å²) in [6.07, 6.45) is 2.27. The van der Waals surface area contributed by atoms with Crippen LogP contribution in [0.5, 0.6) is 0 Å². The number of amides is 2. The molecule has 6 nitrogen and oxygen atoms in total. The summed E-state index contributed by atoms with van der Waals surface area (Å²) >= 11 is 0. The summed E-state index contributed by atoms with van der Waals surface area (Å²) in [6.45, 7) is 0.211. The summed E-state index contributed by atoms with van der Waals surface area (Å²) in [5.41, 5.74) is 0.873. The molecular weight excluding hydrogens is 313 g/mol. The molecule has 1 heterocycles. The van der Waals surface area contributed by atoms with Gasteiger partial charge in [0.05, 0.1) is 18.3 Å². The van der Waals surface area contributed by atoms with Gasteiger partial charge >= 0.3 is 6.03 Å². The molecule has 2 aromatic rings. The summed E-state index contributed by atoms with van der Waals surface area (Å²) in [7, 11) is 0. The molecule has 0 aliphatic heterocycles. The molecule has 0 unspecified atom stereocenters. The third-order valence-corrected chi connectivity index (χ3v) is 3.93. The lowest BCUT2D eigenvalue weighted by Gasteiger charge is -2.31. The molecule has 0 radical (unpaired) electrons. The zero-order valence-corrected chi connectivity index (χ0v) is 12.9. The van der Waals surface area contributed by atoms with Crippen molar-refractivity contribution in [1.29, 1.82) is 0 Å². The second kappa shape index (κ2) is 6.84. The molecule has 1 aromatic heterocycles. The minimum atomic E-state index is -0.386. The minimum absolute atomic E-state index is 0.0294. The van der Waals surface area contributed by atoms with E-state index in [2.05, 4.69) is 10.6 Å². The Balaban J connectivity index is 1.67. The maximum atomic E-state index is 13.2. The van der Waals surface area contributed by atoms with Crippen molar-refractivity contribution in [3.8, 4) is 0 Å². The molecule has 0 bridgehead atoms. The van der Waals surface area contributed by atoms with Crippen molar-refractivity contribution in [2.45, 2.75) is 31.5 Å². The highest BCUT2D eigenvalue weighted by Crippen LogP contribution is 2.19. The monoisotopic (exact) mass is 331 g/mol. The van der Waals surface area contributed by atoms with Crippen molar-refractivity contribution in [3.63, 3.8) is 0 Å². The van der Waals surface area contributed by atoms with Crippen molar-refractivity contribution in [3.05, 3.63) is 64.3 Å². The number of carbonyl (C=O) groups excluding carboxylic acids is 1. The molecule has 1 fully saturated rings. The first-order valence-electron chi connectivity index (χ1n) is 7.70. The molecule has 3 N–H and O–H groups in total. The second-order valence-electron chi connectivity index (χ2n) is 5.93. The average molecular weight is 331 g/mol. The van der Waals surface area contributed by atoms with E-state index in [4.69, 9.17) is 0 Å². The molecule has 126 valence electrons. The van der Waals surface area contributed by atoms with E-state index in [0.29, 0.717) is 24.1 Å². The topological polar surface area (TPSA) is 83.4 Å². The molecule has 1 aliphatic carbocycles. The van der Waals surface area contributed by atoms with Crippen LogP contribution in [0.25, 0.3) is 0 Å². The van der Waals surface area contributed by atoms with Crippen LogP contribution in [-0.4, -0.2) is 27.9 Å². The van der Waals surface area contributed by atoms with E-state index in [-0.39, 0.29) is 36.1 Å². The van der Waals surface area contributed by atoms with Gasteiger partial charge in [0.15, 0.2) is 0 Å². The number of anilines is 1. The van der Waals surface area contributed by atoms with Crippen LogP contribution >= 0.6 is 0 Å². The van der Waals surface area contributed by atoms with Gasteiger partial charge in [-0.05, 0) is 36.6 Å². The van der Waals surface area contributed by atoms with Crippen LogP contribution in [-0.2, 0) is 6.54 Å². The summed E-state index contributed by atoms with van der Waals surface area (Å²) in [4.78, 5) is 23.8. The Morgan fingerprint density at radius 2 is 2.08 bits per heavy atom. The number of aromatic nitrogens is 1. The lowest BCUT2D eigenvalue weighted by atomic mass is 9.90. The number of aliphatic hydroxyl groups excluding tert-OH is 1. The second-order valence-corrected chi connectivity index (χ2v) is 5.93. The van der Waals surface area contributed by atoms with Crippen molar-refractivity contribution < 1.29 is 14.3 Å². The number of urea groups is 1. The van der Waals surface area contributed by atoms with Crippen molar-refractivity contribution in [2.75, 3.05) is 5.32 Å². The zero-order chi connectivity index (χ0) is 17.1. The van der Waals surface area contributed by atoms with Gasteiger partial charge in [0.1, 0.15) is 5.82 Å². The van der Waals surface area contributed by atoms with Crippen LogP contribution in [0.4, 0.5) is 14.9 Å². The molecule has 0 atom stereocenters. The fourth-order valence-corrected chi connectivity index (χ4v) is 2.62. The Bertz CT molecular complexity index is 800. The largest absolute Gasteiger partial charge is 0.393 e. The predicted octanol–water partition coefficient (Wildman–Crippen LogP) is 1.68. The smallest absolute Gasteiger partial charge is 0.319 e. The van der Waals surface area contributed by atoms with Gasteiger partial charge in [0, 0.05) is 18.3 Å². The summed E-state index contributed by atoms with van der Waals surface area (Å²) < 4.78 is 14.6. The molecule has 2 amide bonds. The van der Waals surface area contributed by atoms with Gasteiger partial charge in [-0.1, -0.05) is 12.1 Å². The number of pyridine rings is 1. The van der Waals surface area contributed by atoms with Crippen LogP contribution in [0, 0.1) is 5.82 Å². The van der Waals surface area contributed by atoms with E-state index in [1.54, 1.807) is 12.1 Å². The Labute approximate surface area is 137 Å². The molecular formula is C17H18FN3O3. The third-order valence-electron chi connectivity index (χ3n) is 3.93. The maximum absolute atomic E-state index is 13.2. The van der Waals surface area contributed by atoms with E-state index >= 15 is 0 Å². The van der Waals surface area contributed by atoms with Crippen molar-refractivity contribution in [1.82, 2.24) is 9.88 Å². The first kappa shape index (κ1) is 16.2. The number of rotatable bonds is 4. The third kappa shape index (κ3) is 3.99. The molecule has 1 saturated carbocycles. The van der Waals surface area contributed by atoms with E-state index < -0.39 is 0 Å². The SMILES string of the molecule is O=C(Nc1ccc(=O)n(Cc2cccc(F)c2)c1)NC1CC(O)C1. The predicted molar refractivity (Wildman–Crippen MR) is 87.4 cm³/mol. The van der Waals surface area contributed by atoms with Gasteiger partial charge in [0.25, 0.3) is 5.56 Å². The standard InChI is InChI=1S/C17H18FN3O3/c18-12-3-1-2-11(6-12)9-21-10-13(4-5-16(21)23)19-17(24)20-14-7-15(22)8-14/h1-6,10,14-15,22H,7-9H2,(H2,19,20,24). The fourth-order valence-electron chi connectivity index (χ4n) is 2.62. The van der Waals surface area contributed by atoms with Crippen molar-refractivity contribution >= 4 is 11.7 Å². The molecule has 0 spiro atoms. The number of nitrogens with one attached hydrogen (secondary N) is 2. The molecule has 7 heteroatoms. The Hall–Kier alpha value is -2.67. The van der Waals surface area contributed by atoms with Gasteiger partial charge < -0.3 is 20.3 Å². The quantitative estimate of drug-likeness (QED) is 0.797. The van der Waals surface area contributed by atoms with E-state index in [1.165, 1.54) is 35.0 Å². The first-order valence-corrected chi connectivity index (χ1v) is 7.70. The number of benzene rings is 1. The highest BCUT2D eigenvalue weighted by atomic mass is 19.1. The minimum Gasteiger partial charge on any atom is -0.393 e. The number of aliphatic hydroxyl groups is 1. The number of hydrogen-bond acceptors (Lipinski definition) is 3. The highest BCUT2D eigenvalue weighted by Gasteiger charge is 2.28. The molecule has 1 aromatic carbocycles. The van der Waals surface area contributed by atoms with Crippen LogP contribution in [0.3, 0.4) is 0 Å². The lowest BCUT2D eigenvalue weighted by molar-refractivity contribution is 0.0671. The van der Waals surface area contributed by atoms with Crippen LogP contribution in [0.2, 0.25) is 0 Å². The van der Waals surface area contributed by atoms with Crippen LogP contribution in [0.15, 0.2) is 47.4 Å². The average Bonchev–Trinajstić information content (AvgIpc) is 2.49. The zero-order valence-electron chi connectivity index (χ0n) is 12.9. The van der Waals surface area contributed by atoms with E-state index in [1.807, 2.05) is 0 Å². The van der Waals surface area contributed by atoms with Gasteiger partial charge in [-0.15, -0.1) is 0 Å². The van der Waals surface area contributed by atoms with Gasteiger partial charge in [-0.2, -0.15) is 0 Å². The van der Waals surface area contributed by atoms with Crippen LogP contribution in [0.1, 0.15) is 18.4 Å². The Morgan fingerprint density at radius 1 is 1.29 bits per heavy atom. The number of halogens is 1. The molecule has 1 aliphatic rings. The van der Waals surface area contributed by atoms with E-state index in [9.17, 15) is 19.1 Å². The number of carbonyl (C=O) groups is 1. The fraction of sp³-hybridized carbons (Fsp3) is 0.294. The summed E-state index contributed by atoms with van der Waals surface area (Å²) in [5, 5.41) is 14.6. The Kier molecular flexibility index (Phi) is 4.61. The van der Waals surface area contributed by atoms with Gasteiger partial charge in [-0.3, -0.25) is 4.79 Å². The Morgan fingerprint density at radius 3 is 2.79 bits per heavy atom. The number of nitrogens with zero attached hydrogens (tertiary/aromatic N) is 1. The normalized spacial score (nSPS) is 19.4. The van der Waals surface area contributed by atoms with Crippen molar-refractivity contribution in [2.24, 2.45) is 0 Å².